The van der Waals surface area contributed by atoms with Crippen LogP contribution < -0.4 is 10.9 Å². The second-order valence-corrected chi connectivity index (χ2v) is 10.8. The molecule has 0 aliphatic carbocycles. The largest absolute Gasteiger partial charge is 0.469 e. The average molecular weight is 459 g/mol. The van der Waals surface area contributed by atoms with E-state index < -0.39 is 5.41 Å². The number of ether oxygens (including phenoxy) is 1. The summed E-state index contributed by atoms with van der Waals surface area (Å²) in [4.78, 5) is 25.7. The minimum absolute atomic E-state index is 0.0492. The second-order valence-electron chi connectivity index (χ2n) is 8.78. The molecule has 0 aliphatic rings. The van der Waals surface area contributed by atoms with E-state index in [1.54, 1.807) is 30.1 Å². The van der Waals surface area contributed by atoms with Gasteiger partial charge < -0.3 is 9.84 Å². The third-order valence-electron chi connectivity index (χ3n) is 5.34. The van der Waals surface area contributed by atoms with Crippen LogP contribution in [0.1, 0.15) is 57.4 Å². The quantitative estimate of drug-likeness (QED) is 0.225. The molecule has 1 heterocycles. The van der Waals surface area contributed by atoms with Gasteiger partial charge in [0.2, 0.25) is 5.91 Å². The van der Waals surface area contributed by atoms with Crippen molar-refractivity contribution in [3.05, 3.63) is 21.9 Å². The number of nitrogens with one attached hydrogen (secondary N) is 2. The Hall–Kier alpha value is -1.09. The van der Waals surface area contributed by atoms with Gasteiger partial charge in [0.1, 0.15) is 0 Å². The number of thiophene rings is 1. The molecule has 0 aliphatic heterocycles. The van der Waals surface area contributed by atoms with Crippen LogP contribution in [0.5, 0.6) is 0 Å². The molecule has 6 nitrogen and oxygen atoms in total. The number of hydrazine groups is 1. The molecule has 1 rings (SSSR count). The Morgan fingerprint density at radius 2 is 2.00 bits per heavy atom. The molecule has 0 saturated heterocycles. The molecule has 0 fully saturated rings. The summed E-state index contributed by atoms with van der Waals surface area (Å²) in [6, 6.07) is 2.06. The highest BCUT2D eigenvalue weighted by Gasteiger charge is 2.37. The van der Waals surface area contributed by atoms with Gasteiger partial charge in [-0.25, -0.2) is 5.43 Å². The molecule has 1 aromatic heterocycles. The summed E-state index contributed by atoms with van der Waals surface area (Å²) in [6.07, 6.45) is 3.26. The summed E-state index contributed by atoms with van der Waals surface area (Å²) in [5.74, 6) is 1.26. The zero-order valence-electron chi connectivity index (χ0n) is 19.2. The first-order valence-electron chi connectivity index (χ1n) is 10.4. The number of hydrogen-bond acceptors (Lipinski definition) is 7. The van der Waals surface area contributed by atoms with Gasteiger partial charge in [-0.05, 0) is 54.4 Å². The van der Waals surface area contributed by atoms with Crippen LogP contribution in [-0.2, 0) is 26.2 Å². The van der Waals surface area contributed by atoms with Crippen molar-refractivity contribution in [2.45, 2.75) is 58.8 Å². The molecule has 1 amide bonds. The smallest absolute Gasteiger partial charge is 0.308 e. The molecule has 0 aromatic carbocycles. The van der Waals surface area contributed by atoms with E-state index in [0.29, 0.717) is 6.42 Å². The number of amides is 1. The first-order valence-corrected chi connectivity index (χ1v) is 12.4. The van der Waals surface area contributed by atoms with Crippen molar-refractivity contribution in [1.82, 2.24) is 10.9 Å². The van der Waals surface area contributed by atoms with Crippen molar-refractivity contribution in [2.24, 2.45) is 11.3 Å². The molecule has 8 heteroatoms. The summed E-state index contributed by atoms with van der Waals surface area (Å²) < 4.78 is 4.83. The number of aliphatic hydroxyl groups is 1. The van der Waals surface area contributed by atoms with E-state index in [4.69, 9.17) is 9.84 Å². The van der Waals surface area contributed by atoms with Gasteiger partial charge in [-0.1, -0.05) is 27.2 Å². The Bertz CT molecular complexity index is 678. The first kappa shape index (κ1) is 26.9. The lowest BCUT2D eigenvalue weighted by Gasteiger charge is -2.30. The molecule has 30 heavy (non-hydrogen) atoms. The van der Waals surface area contributed by atoms with Crippen LogP contribution >= 0.6 is 23.1 Å². The maximum Gasteiger partial charge on any atom is 0.308 e. The zero-order chi connectivity index (χ0) is 22.8. The number of aliphatic hydroxyl groups excluding tert-OH is 1. The van der Waals surface area contributed by atoms with Crippen LogP contribution in [0.3, 0.4) is 0 Å². The summed E-state index contributed by atoms with van der Waals surface area (Å²) in [5, 5.41) is 11.0. The lowest BCUT2D eigenvalue weighted by atomic mass is 9.79. The molecule has 2 atom stereocenters. The number of hydrogen-bond donors (Lipinski definition) is 3. The molecule has 0 bridgehead atoms. The molecule has 0 spiro atoms. The highest BCUT2D eigenvalue weighted by atomic mass is 32.2. The molecule has 172 valence electrons. The Kier molecular flexibility index (Phi) is 11.4. The Labute approximate surface area is 189 Å². The summed E-state index contributed by atoms with van der Waals surface area (Å²) in [6.45, 7) is 8.53. The summed E-state index contributed by atoms with van der Waals surface area (Å²) >= 11 is 3.34. The summed E-state index contributed by atoms with van der Waals surface area (Å²) in [7, 11) is 3.10. The number of esters is 1. The van der Waals surface area contributed by atoms with Crippen LogP contribution in [-0.4, -0.2) is 49.3 Å². The second kappa shape index (κ2) is 12.7. The number of rotatable bonds is 14. The summed E-state index contributed by atoms with van der Waals surface area (Å²) in [5.41, 5.74) is 6.08. The monoisotopic (exact) mass is 458 g/mol. The fourth-order valence-electron chi connectivity index (χ4n) is 3.42. The lowest BCUT2D eigenvalue weighted by molar-refractivity contribution is -0.144. The van der Waals surface area contributed by atoms with E-state index in [9.17, 15) is 9.59 Å². The van der Waals surface area contributed by atoms with Crippen molar-refractivity contribution in [3.8, 4) is 0 Å². The Morgan fingerprint density at radius 1 is 1.30 bits per heavy atom. The van der Waals surface area contributed by atoms with E-state index in [1.165, 1.54) is 7.11 Å². The number of thioether (sulfide) groups is 1. The number of methoxy groups -OCH3 is 1. The van der Waals surface area contributed by atoms with Crippen LogP contribution in [0, 0.1) is 11.3 Å². The molecule has 2 unspecified atom stereocenters. The van der Waals surface area contributed by atoms with Gasteiger partial charge in [-0.2, -0.15) is 11.8 Å². The first-order chi connectivity index (χ1) is 14.1. The fourth-order valence-corrected chi connectivity index (χ4v) is 5.50. The van der Waals surface area contributed by atoms with Gasteiger partial charge in [0.15, 0.2) is 0 Å². The minimum Gasteiger partial charge on any atom is -0.469 e. The van der Waals surface area contributed by atoms with Crippen molar-refractivity contribution in [1.29, 1.82) is 0 Å². The average Bonchev–Trinajstić information content (AvgIpc) is 3.16. The molecular weight excluding hydrogens is 420 g/mol. The third kappa shape index (κ3) is 8.21. The topological polar surface area (TPSA) is 87.7 Å². The standard InChI is InChI=1S/C22H38N2O4S2/c1-16(19(26)28-6)12-17-13-18(30-14-17)22(4,20(27)24-23-5)9-7-8-21(2,3)15-29-11-10-25/h13-14,16,23,25H,7-12,15H2,1-6H3,(H,24,27). The number of carbonyl (C=O) groups excluding carboxylic acids is 2. The predicted octanol–water partition coefficient (Wildman–Crippen LogP) is 3.53. The van der Waals surface area contributed by atoms with Gasteiger partial charge in [0, 0.05) is 17.7 Å². The molecule has 3 N–H and O–H groups in total. The maximum atomic E-state index is 12.9. The SMILES string of the molecule is CNNC(=O)C(C)(CCCC(C)(C)CSCCO)c1cc(CC(C)C(=O)OC)cs1. The number of carbonyl (C=O) groups is 2. The van der Waals surface area contributed by atoms with Crippen LogP contribution in [0.4, 0.5) is 0 Å². The fraction of sp³-hybridized carbons (Fsp3) is 0.727. The highest BCUT2D eigenvalue weighted by molar-refractivity contribution is 7.99. The lowest BCUT2D eigenvalue weighted by Crippen LogP contribution is -2.46. The van der Waals surface area contributed by atoms with Crippen molar-refractivity contribution >= 4 is 35.0 Å². The Morgan fingerprint density at radius 3 is 2.60 bits per heavy atom. The maximum absolute atomic E-state index is 12.9. The third-order valence-corrected chi connectivity index (χ3v) is 8.04. The molecule has 1 aromatic rings. The zero-order valence-corrected chi connectivity index (χ0v) is 20.8. The van der Waals surface area contributed by atoms with Crippen molar-refractivity contribution in [3.63, 3.8) is 0 Å². The highest BCUT2D eigenvalue weighted by Crippen LogP contribution is 2.37. The van der Waals surface area contributed by atoms with Crippen molar-refractivity contribution in [2.75, 3.05) is 32.3 Å². The normalized spacial score (nSPS) is 14.8. The van der Waals surface area contributed by atoms with E-state index in [2.05, 4.69) is 30.8 Å². The van der Waals surface area contributed by atoms with Gasteiger partial charge in [0.05, 0.1) is 25.0 Å². The van der Waals surface area contributed by atoms with Crippen LogP contribution in [0.25, 0.3) is 0 Å². The van der Waals surface area contributed by atoms with Gasteiger partial charge in [0.25, 0.3) is 0 Å². The van der Waals surface area contributed by atoms with Gasteiger partial charge in [-0.3, -0.25) is 15.0 Å². The Balaban J connectivity index is 2.88. The van der Waals surface area contributed by atoms with Gasteiger partial charge >= 0.3 is 5.97 Å². The molecular formula is C22H38N2O4S2. The molecule has 0 saturated carbocycles. The van der Waals surface area contributed by atoms with E-state index in [1.807, 2.05) is 19.2 Å². The van der Waals surface area contributed by atoms with E-state index >= 15 is 0 Å². The van der Waals surface area contributed by atoms with Gasteiger partial charge in [-0.15, -0.1) is 11.3 Å². The predicted molar refractivity (Wildman–Crippen MR) is 126 cm³/mol. The van der Waals surface area contributed by atoms with Crippen LogP contribution in [0.15, 0.2) is 11.4 Å². The van der Waals surface area contributed by atoms with E-state index in [0.717, 1.165) is 41.2 Å². The van der Waals surface area contributed by atoms with E-state index in [-0.39, 0.29) is 29.8 Å². The van der Waals surface area contributed by atoms with Crippen molar-refractivity contribution < 1.29 is 19.4 Å². The molecule has 0 radical (unpaired) electrons. The minimum atomic E-state index is -0.644. The van der Waals surface area contributed by atoms with Crippen LogP contribution in [0.2, 0.25) is 0 Å².